The molecule has 0 aliphatic carbocycles. The second kappa shape index (κ2) is 4.62. The molecule has 2 aliphatic rings. The topological polar surface area (TPSA) is 23.6 Å². The van der Waals surface area contributed by atoms with Crippen molar-refractivity contribution in [3.8, 4) is 0 Å². The molecule has 2 aromatic rings. The van der Waals surface area contributed by atoms with Crippen molar-refractivity contribution < 1.29 is 4.79 Å². The van der Waals surface area contributed by atoms with Gasteiger partial charge in [-0.05, 0) is 23.6 Å². The molecule has 3 heteroatoms. The molecule has 0 bridgehead atoms. The van der Waals surface area contributed by atoms with E-state index in [2.05, 4.69) is 69.0 Å². The number of para-hydroxylation sites is 2. The van der Waals surface area contributed by atoms with E-state index in [1.54, 1.807) is 4.90 Å². The number of rotatable bonds is 1. The van der Waals surface area contributed by atoms with E-state index < -0.39 is 0 Å². The van der Waals surface area contributed by atoms with Gasteiger partial charge in [0, 0.05) is 18.0 Å². The molecule has 0 saturated heterocycles. The zero-order valence-electron chi connectivity index (χ0n) is 15.0. The maximum atomic E-state index is 13.4. The average molecular weight is 320 g/mol. The Morgan fingerprint density at radius 1 is 0.875 bits per heavy atom. The van der Waals surface area contributed by atoms with Gasteiger partial charge in [0.1, 0.15) is 0 Å². The van der Waals surface area contributed by atoms with E-state index in [-0.39, 0.29) is 22.9 Å². The molecule has 24 heavy (non-hydrogen) atoms. The molecule has 0 saturated carbocycles. The van der Waals surface area contributed by atoms with Crippen molar-refractivity contribution in [1.29, 1.82) is 0 Å². The lowest BCUT2D eigenvalue weighted by Crippen LogP contribution is -2.64. The Labute approximate surface area is 143 Å². The molecule has 3 nitrogen and oxygen atoms in total. The van der Waals surface area contributed by atoms with Gasteiger partial charge < -0.3 is 0 Å². The lowest BCUT2D eigenvalue weighted by molar-refractivity contribution is 0.179. The SMILES string of the molecule is CC(C)C12c3ccccc3N(C)C(=O)N1c1ccccc1C2(C)C. The molecule has 0 spiro atoms. The van der Waals surface area contributed by atoms with Crippen LogP contribution in [0.1, 0.15) is 38.8 Å². The highest BCUT2D eigenvalue weighted by Gasteiger charge is 2.64. The summed E-state index contributed by atoms with van der Waals surface area (Å²) < 4.78 is 0. The second-order valence-corrected chi connectivity index (χ2v) is 7.76. The fourth-order valence-electron chi connectivity index (χ4n) is 5.22. The number of amides is 2. The fourth-order valence-corrected chi connectivity index (χ4v) is 5.22. The summed E-state index contributed by atoms with van der Waals surface area (Å²) in [5, 5.41) is 0. The van der Waals surface area contributed by atoms with Gasteiger partial charge in [-0.1, -0.05) is 64.1 Å². The Hall–Kier alpha value is -2.29. The van der Waals surface area contributed by atoms with Crippen LogP contribution in [0.25, 0.3) is 0 Å². The summed E-state index contributed by atoms with van der Waals surface area (Å²) in [5.41, 5.74) is 4.00. The number of fused-ring (bicyclic) bond motifs is 5. The van der Waals surface area contributed by atoms with Gasteiger partial charge in [0.2, 0.25) is 0 Å². The molecule has 0 N–H and O–H groups in total. The maximum absolute atomic E-state index is 13.4. The second-order valence-electron chi connectivity index (χ2n) is 7.76. The summed E-state index contributed by atoms with van der Waals surface area (Å²) in [6.07, 6.45) is 0. The zero-order valence-corrected chi connectivity index (χ0v) is 15.0. The molecule has 0 radical (unpaired) electrons. The Kier molecular flexibility index (Phi) is 2.94. The summed E-state index contributed by atoms with van der Waals surface area (Å²) in [5.74, 6) is 0.277. The van der Waals surface area contributed by atoms with Crippen molar-refractivity contribution in [2.75, 3.05) is 16.8 Å². The average Bonchev–Trinajstić information content (AvgIpc) is 2.78. The van der Waals surface area contributed by atoms with Crippen molar-refractivity contribution in [2.24, 2.45) is 5.92 Å². The smallest absolute Gasteiger partial charge is 0.297 e. The molecule has 2 amide bonds. The molecule has 0 aromatic heterocycles. The van der Waals surface area contributed by atoms with Crippen molar-refractivity contribution in [3.05, 3.63) is 59.7 Å². The third kappa shape index (κ3) is 1.46. The van der Waals surface area contributed by atoms with E-state index in [1.807, 2.05) is 19.2 Å². The van der Waals surface area contributed by atoms with Crippen molar-refractivity contribution >= 4 is 17.4 Å². The van der Waals surface area contributed by atoms with Crippen LogP contribution in [0.4, 0.5) is 16.2 Å². The van der Waals surface area contributed by atoms with Crippen LogP contribution >= 0.6 is 0 Å². The first-order chi connectivity index (χ1) is 11.3. The van der Waals surface area contributed by atoms with Gasteiger partial charge in [-0.25, -0.2) is 4.79 Å². The minimum Gasteiger partial charge on any atom is -0.297 e. The molecule has 1 unspecified atom stereocenters. The van der Waals surface area contributed by atoms with Crippen LogP contribution in [0.15, 0.2) is 48.5 Å². The van der Waals surface area contributed by atoms with Crippen LogP contribution in [-0.2, 0) is 11.0 Å². The zero-order chi connectivity index (χ0) is 17.3. The predicted molar refractivity (Wildman–Crippen MR) is 98.7 cm³/mol. The van der Waals surface area contributed by atoms with E-state index in [9.17, 15) is 4.79 Å². The van der Waals surface area contributed by atoms with Gasteiger partial charge >= 0.3 is 6.03 Å². The van der Waals surface area contributed by atoms with E-state index in [1.165, 1.54) is 11.1 Å². The highest BCUT2D eigenvalue weighted by molar-refractivity contribution is 6.10. The van der Waals surface area contributed by atoms with Gasteiger partial charge in [0.15, 0.2) is 0 Å². The normalized spacial score (nSPS) is 24.0. The van der Waals surface area contributed by atoms with Crippen LogP contribution in [0.2, 0.25) is 0 Å². The number of urea groups is 1. The fraction of sp³-hybridized carbons (Fsp3) is 0.381. The lowest BCUT2D eigenvalue weighted by atomic mass is 9.60. The van der Waals surface area contributed by atoms with Gasteiger partial charge in [0.25, 0.3) is 0 Å². The summed E-state index contributed by atoms with van der Waals surface area (Å²) in [7, 11) is 1.87. The van der Waals surface area contributed by atoms with E-state index >= 15 is 0 Å². The van der Waals surface area contributed by atoms with Crippen LogP contribution < -0.4 is 9.80 Å². The molecule has 2 heterocycles. The minimum absolute atomic E-state index is 0.0559. The molecule has 124 valence electrons. The van der Waals surface area contributed by atoms with Crippen molar-refractivity contribution in [2.45, 2.75) is 38.6 Å². The maximum Gasteiger partial charge on any atom is 0.329 e. The molecular formula is C21H24N2O. The van der Waals surface area contributed by atoms with Crippen LogP contribution in [-0.4, -0.2) is 13.1 Å². The number of nitrogens with zero attached hydrogens (tertiary/aromatic N) is 2. The van der Waals surface area contributed by atoms with Gasteiger partial charge in [-0.2, -0.15) is 0 Å². The third-order valence-corrected chi connectivity index (χ3v) is 6.11. The summed E-state index contributed by atoms with van der Waals surface area (Å²) in [6, 6.07) is 16.8. The quantitative estimate of drug-likeness (QED) is 0.732. The molecule has 1 atom stereocenters. The summed E-state index contributed by atoms with van der Waals surface area (Å²) in [6.45, 7) is 9.02. The standard InChI is InChI=1S/C21H24N2O/c1-14(2)21-16-11-7-8-12-17(16)22(5)19(24)23(21)18-13-9-6-10-15(18)20(21,3)4/h6-14H,1-5H3. The molecule has 2 aliphatic heterocycles. The van der Waals surface area contributed by atoms with Crippen LogP contribution in [0.3, 0.4) is 0 Å². The Bertz CT molecular complexity index is 839. The third-order valence-electron chi connectivity index (χ3n) is 6.11. The molecule has 0 fully saturated rings. The minimum atomic E-state index is -0.378. The summed E-state index contributed by atoms with van der Waals surface area (Å²) in [4.78, 5) is 17.2. The number of carbonyl (C=O) groups excluding carboxylic acids is 1. The van der Waals surface area contributed by atoms with Crippen LogP contribution in [0.5, 0.6) is 0 Å². The van der Waals surface area contributed by atoms with Gasteiger partial charge in [-0.3, -0.25) is 9.80 Å². The number of benzene rings is 2. The van der Waals surface area contributed by atoms with E-state index in [4.69, 9.17) is 0 Å². The number of hydrogen-bond donors (Lipinski definition) is 0. The lowest BCUT2D eigenvalue weighted by Gasteiger charge is -2.54. The van der Waals surface area contributed by atoms with Crippen LogP contribution in [0, 0.1) is 5.92 Å². The molecular weight excluding hydrogens is 296 g/mol. The summed E-state index contributed by atoms with van der Waals surface area (Å²) >= 11 is 0. The molecule has 2 aromatic carbocycles. The van der Waals surface area contributed by atoms with Gasteiger partial charge in [-0.15, -0.1) is 0 Å². The first-order valence-corrected chi connectivity index (χ1v) is 8.62. The Balaban J connectivity index is 2.17. The highest BCUT2D eigenvalue weighted by atomic mass is 16.2. The Morgan fingerprint density at radius 3 is 2.04 bits per heavy atom. The van der Waals surface area contributed by atoms with E-state index in [0.29, 0.717) is 0 Å². The van der Waals surface area contributed by atoms with E-state index in [0.717, 1.165) is 11.4 Å². The van der Waals surface area contributed by atoms with Gasteiger partial charge in [0.05, 0.1) is 16.9 Å². The van der Waals surface area contributed by atoms with Crippen molar-refractivity contribution in [1.82, 2.24) is 0 Å². The van der Waals surface area contributed by atoms with Crippen molar-refractivity contribution in [3.63, 3.8) is 0 Å². The Morgan fingerprint density at radius 2 is 1.42 bits per heavy atom. The largest absolute Gasteiger partial charge is 0.329 e. The highest BCUT2D eigenvalue weighted by Crippen LogP contribution is 2.63. The monoisotopic (exact) mass is 320 g/mol. The molecule has 4 rings (SSSR count). The predicted octanol–water partition coefficient (Wildman–Crippen LogP) is 4.91. The number of carbonyl (C=O) groups is 1. The number of anilines is 2. The first kappa shape index (κ1) is 15.3. The first-order valence-electron chi connectivity index (χ1n) is 8.62. The number of hydrogen-bond acceptors (Lipinski definition) is 1.